The molecule has 0 saturated heterocycles. The van der Waals surface area contributed by atoms with E-state index in [0.717, 1.165) is 36.3 Å². The largest absolute Gasteiger partial charge is 0.478 e. The molecule has 0 heterocycles. The molecule has 0 amide bonds. The number of benzene rings is 3. The molecule has 0 radical (unpaired) electrons. The van der Waals surface area contributed by atoms with Gasteiger partial charge < -0.3 is 4.74 Å². The number of unbranched alkanes of at least 4 members (excludes halogenated alkanes) is 1. The lowest BCUT2D eigenvalue weighted by Gasteiger charge is -2.29. The van der Waals surface area contributed by atoms with Crippen molar-refractivity contribution < 1.29 is 31.1 Å². The van der Waals surface area contributed by atoms with E-state index in [0.29, 0.717) is 11.3 Å². The van der Waals surface area contributed by atoms with Gasteiger partial charge in [-0.2, -0.15) is 13.2 Å². The van der Waals surface area contributed by atoms with Crippen LogP contribution >= 0.6 is 0 Å². The predicted octanol–water partition coefficient (Wildman–Crippen LogP) is 9.06. The highest BCUT2D eigenvalue weighted by atomic mass is 19.4. The summed E-state index contributed by atoms with van der Waals surface area (Å²) in [6, 6.07) is 10.5. The molecule has 0 unspecified atom stereocenters. The summed E-state index contributed by atoms with van der Waals surface area (Å²) in [5.41, 5.74) is 1.10. The SMILES string of the molecule is CCCCC1CCC(c2ccc3c(F)c(C#Cc4cc(F)c(OCC(F)(F)F)c(F)c4)ccc3c2)CC1. The van der Waals surface area contributed by atoms with Crippen LogP contribution < -0.4 is 4.74 Å². The molecule has 3 aromatic carbocycles. The lowest BCUT2D eigenvalue weighted by molar-refractivity contribution is -0.154. The molecule has 7 heteroatoms. The Hall–Kier alpha value is -3.14. The minimum Gasteiger partial charge on any atom is -0.478 e. The molecule has 1 aliphatic carbocycles. The molecular formula is C30H28F6O. The molecular weight excluding hydrogens is 490 g/mol. The van der Waals surface area contributed by atoms with E-state index >= 15 is 4.39 Å². The lowest BCUT2D eigenvalue weighted by atomic mass is 9.77. The van der Waals surface area contributed by atoms with Crippen molar-refractivity contribution >= 4 is 10.8 Å². The van der Waals surface area contributed by atoms with Gasteiger partial charge in [-0.3, -0.25) is 0 Å². The Bertz CT molecular complexity index is 1290. The summed E-state index contributed by atoms with van der Waals surface area (Å²) < 4.78 is 84.4. The van der Waals surface area contributed by atoms with Crippen molar-refractivity contribution in [2.45, 2.75) is 64.0 Å². The summed E-state index contributed by atoms with van der Waals surface area (Å²) in [6.07, 6.45) is 3.79. The average molecular weight is 519 g/mol. The topological polar surface area (TPSA) is 9.23 Å². The number of rotatable bonds is 6. The van der Waals surface area contributed by atoms with Crippen molar-refractivity contribution in [2.75, 3.05) is 6.61 Å². The number of ether oxygens (including phenoxy) is 1. The van der Waals surface area contributed by atoms with Gasteiger partial charge in [0.15, 0.2) is 24.0 Å². The van der Waals surface area contributed by atoms with Crippen LogP contribution in [0, 0.1) is 35.2 Å². The molecule has 0 bridgehead atoms. The minimum absolute atomic E-state index is 0.0508. The molecule has 4 rings (SSSR count). The Balaban J connectivity index is 1.50. The Labute approximate surface area is 212 Å². The van der Waals surface area contributed by atoms with Crippen LogP contribution in [0.5, 0.6) is 5.75 Å². The number of hydrogen-bond donors (Lipinski definition) is 0. The summed E-state index contributed by atoms with van der Waals surface area (Å²) in [7, 11) is 0. The van der Waals surface area contributed by atoms with Crippen molar-refractivity contribution in [3.63, 3.8) is 0 Å². The van der Waals surface area contributed by atoms with E-state index < -0.39 is 36.0 Å². The molecule has 196 valence electrons. The third kappa shape index (κ3) is 6.80. The van der Waals surface area contributed by atoms with Crippen LogP contribution in [0.4, 0.5) is 26.3 Å². The Morgan fingerprint density at radius 1 is 0.892 bits per heavy atom. The highest BCUT2D eigenvalue weighted by Crippen LogP contribution is 2.38. The Morgan fingerprint density at radius 2 is 1.59 bits per heavy atom. The lowest BCUT2D eigenvalue weighted by Crippen LogP contribution is -2.20. The van der Waals surface area contributed by atoms with Gasteiger partial charge >= 0.3 is 6.18 Å². The summed E-state index contributed by atoms with van der Waals surface area (Å²) in [6.45, 7) is 0.393. The van der Waals surface area contributed by atoms with Crippen molar-refractivity contribution in [1.29, 1.82) is 0 Å². The zero-order chi connectivity index (χ0) is 26.6. The van der Waals surface area contributed by atoms with E-state index in [4.69, 9.17) is 0 Å². The molecule has 0 spiro atoms. The minimum atomic E-state index is -4.74. The van der Waals surface area contributed by atoms with Crippen LogP contribution in [0.2, 0.25) is 0 Å². The van der Waals surface area contributed by atoms with Gasteiger partial charge in [0.2, 0.25) is 0 Å². The first-order valence-corrected chi connectivity index (χ1v) is 12.6. The zero-order valence-corrected chi connectivity index (χ0v) is 20.5. The van der Waals surface area contributed by atoms with Crippen molar-refractivity contribution in [2.24, 2.45) is 5.92 Å². The number of fused-ring (bicyclic) bond motifs is 1. The summed E-state index contributed by atoms with van der Waals surface area (Å²) in [5, 5.41) is 1.16. The maximum atomic E-state index is 15.2. The first kappa shape index (κ1) is 26.9. The maximum Gasteiger partial charge on any atom is 0.422 e. The van der Waals surface area contributed by atoms with Gasteiger partial charge in [0, 0.05) is 10.9 Å². The van der Waals surface area contributed by atoms with Gasteiger partial charge in [0.1, 0.15) is 5.82 Å². The highest BCUT2D eigenvalue weighted by Gasteiger charge is 2.30. The average Bonchev–Trinajstić information content (AvgIpc) is 2.86. The van der Waals surface area contributed by atoms with Crippen molar-refractivity contribution in [3.05, 3.63) is 76.6 Å². The molecule has 1 saturated carbocycles. The molecule has 0 N–H and O–H groups in total. The standard InChI is InChI=1S/C30H28F6O/c1-2-3-4-19-5-8-21(9-6-19)23-13-14-25-24(17-23)12-11-22(28(25)33)10-7-20-15-26(31)29(27(32)16-20)37-18-30(34,35)36/h11-17,19,21H,2-6,8-9,18H2,1H3. The molecule has 0 atom stereocenters. The third-order valence-electron chi connectivity index (χ3n) is 6.98. The van der Waals surface area contributed by atoms with E-state index in [2.05, 4.69) is 23.5 Å². The number of alkyl halides is 3. The van der Waals surface area contributed by atoms with Crippen LogP contribution in [0.25, 0.3) is 10.8 Å². The van der Waals surface area contributed by atoms with Gasteiger partial charge in [-0.1, -0.05) is 62.3 Å². The van der Waals surface area contributed by atoms with E-state index in [9.17, 15) is 22.0 Å². The van der Waals surface area contributed by atoms with Crippen LogP contribution in [0.3, 0.4) is 0 Å². The smallest absolute Gasteiger partial charge is 0.422 e. The second-order valence-corrected chi connectivity index (χ2v) is 9.69. The molecule has 1 aliphatic rings. The fourth-order valence-corrected chi connectivity index (χ4v) is 5.00. The Morgan fingerprint density at radius 3 is 2.24 bits per heavy atom. The van der Waals surface area contributed by atoms with Gasteiger partial charge in [-0.25, -0.2) is 13.2 Å². The van der Waals surface area contributed by atoms with Crippen molar-refractivity contribution in [3.8, 4) is 17.6 Å². The monoisotopic (exact) mass is 518 g/mol. The first-order chi connectivity index (χ1) is 17.6. The van der Waals surface area contributed by atoms with Crippen molar-refractivity contribution in [1.82, 2.24) is 0 Å². The summed E-state index contributed by atoms with van der Waals surface area (Å²) >= 11 is 0. The molecule has 1 fully saturated rings. The second kappa shape index (κ2) is 11.5. The van der Waals surface area contributed by atoms with E-state index in [1.165, 1.54) is 43.7 Å². The van der Waals surface area contributed by atoms with Crippen LogP contribution in [0.15, 0.2) is 42.5 Å². The molecule has 37 heavy (non-hydrogen) atoms. The fraction of sp³-hybridized carbons (Fsp3) is 0.400. The van der Waals surface area contributed by atoms with Crippen LogP contribution in [-0.4, -0.2) is 12.8 Å². The fourth-order valence-electron chi connectivity index (χ4n) is 5.00. The highest BCUT2D eigenvalue weighted by molar-refractivity contribution is 5.85. The van der Waals surface area contributed by atoms with Crippen LogP contribution in [-0.2, 0) is 0 Å². The molecule has 3 aromatic rings. The Kier molecular flexibility index (Phi) is 8.36. The predicted molar refractivity (Wildman–Crippen MR) is 132 cm³/mol. The number of halogens is 6. The van der Waals surface area contributed by atoms with Gasteiger partial charge in [-0.05, 0) is 66.7 Å². The van der Waals surface area contributed by atoms with Crippen LogP contribution in [0.1, 0.15) is 74.5 Å². The second-order valence-electron chi connectivity index (χ2n) is 9.69. The van der Waals surface area contributed by atoms with E-state index in [-0.39, 0.29) is 11.1 Å². The molecule has 1 nitrogen and oxygen atoms in total. The number of hydrogen-bond acceptors (Lipinski definition) is 1. The summed E-state index contributed by atoms with van der Waals surface area (Å²) in [5.74, 6) is 2.02. The maximum absolute atomic E-state index is 15.2. The van der Waals surface area contributed by atoms with E-state index in [1.54, 1.807) is 12.1 Å². The normalized spacial score (nSPS) is 17.9. The first-order valence-electron chi connectivity index (χ1n) is 12.6. The van der Waals surface area contributed by atoms with Gasteiger partial charge in [0.05, 0.1) is 5.56 Å². The third-order valence-corrected chi connectivity index (χ3v) is 6.98. The quantitative estimate of drug-likeness (QED) is 0.234. The van der Waals surface area contributed by atoms with Gasteiger partial charge in [-0.15, -0.1) is 0 Å². The van der Waals surface area contributed by atoms with E-state index in [1.807, 2.05) is 12.1 Å². The molecule has 0 aliphatic heterocycles. The summed E-state index contributed by atoms with van der Waals surface area (Å²) in [4.78, 5) is 0. The zero-order valence-electron chi connectivity index (χ0n) is 20.5. The molecule has 0 aromatic heterocycles. The van der Waals surface area contributed by atoms with Gasteiger partial charge in [0.25, 0.3) is 0 Å².